The summed E-state index contributed by atoms with van der Waals surface area (Å²) in [6, 6.07) is 2.89. The van der Waals surface area contributed by atoms with Gasteiger partial charge < -0.3 is 19.5 Å². The normalized spacial score (nSPS) is 15.9. The van der Waals surface area contributed by atoms with Crippen LogP contribution in [0.4, 0.5) is 13.2 Å². The van der Waals surface area contributed by atoms with Gasteiger partial charge in [-0.2, -0.15) is 18.3 Å². The van der Waals surface area contributed by atoms with E-state index >= 15 is 0 Å². The van der Waals surface area contributed by atoms with Gasteiger partial charge in [0.15, 0.2) is 0 Å². The van der Waals surface area contributed by atoms with Crippen molar-refractivity contribution in [3.8, 4) is 5.75 Å². The van der Waals surface area contributed by atoms with E-state index in [9.17, 15) is 22.8 Å². The van der Waals surface area contributed by atoms with Gasteiger partial charge in [0, 0.05) is 32.2 Å². The van der Waals surface area contributed by atoms with Crippen molar-refractivity contribution in [2.24, 2.45) is 5.92 Å². The highest BCUT2D eigenvalue weighted by molar-refractivity contribution is 5.96. The van der Waals surface area contributed by atoms with E-state index in [-0.39, 0.29) is 24.0 Å². The molecule has 1 atom stereocenters. The number of nitrogens with zero attached hydrogens (tertiary/aromatic N) is 2. The number of hydrogen-bond donors (Lipinski definition) is 1. The van der Waals surface area contributed by atoms with Crippen LogP contribution in [0.15, 0.2) is 18.2 Å². The van der Waals surface area contributed by atoms with Gasteiger partial charge >= 0.3 is 12.1 Å². The summed E-state index contributed by atoms with van der Waals surface area (Å²) in [4.78, 5) is 25.4. The highest BCUT2D eigenvalue weighted by Crippen LogP contribution is 2.36. The topological polar surface area (TPSA) is 91.7 Å². The fourth-order valence-corrected chi connectivity index (χ4v) is 4.08. The molecular formula is C25H32F3N3O5. The first kappa shape index (κ1) is 27.5. The zero-order chi connectivity index (χ0) is 26.3. The maximum absolute atomic E-state index is 13.1. The molecule has 1 N–H and O–H groups in total. The highest BCUT2D eigenvalue weighted by Gasteiger charge is 2.34. The van der Waals surface area contributed by atoms with Gasteiger partial charge in [-0.15, -0.1) is 0 Å². The van der Waals surface area contributed by atoms with Crippen molar-refractivity contribution < 1.29 is 37.0 Å². The van der Waals surface area contributed by atoms with Crippen molar-refractivity contribution in [1.29, 1.82) is 0 Å². The summed E-state index contributed by atoms with van der Waals surface area (Å²) < 4.78 is 56.8. The van der Waals surface area contributed by atoms with Gasteiger partial charge in [0.1, 0.15) is 5.75 Å². The first-order valence-corrected chi connectivity index (χ1v) is 12.0. The molecule has 36 heavy (non-hydrogen) atoms. The number of methoxy groups -OCH3 is 1. The van der Waals surface area contributed by atoms with Gasteiger partial charge in [0.25, 0.3) is 5.91 Å². The van der Waals surface area contributed by atoms with Crippen molar-refractivity contribution in [3.63, 3.8) is 0 Å². The smallest absolute Gasteiger partial charge is 0.419 e. The van der Waals surface area contributed by atoms with Crippen molar-refractivity contribution in [3.05, 3.63) is 46.3 Å². The third-order valence-corrected chi connectivity index (χ3v) is 5.87. The Morgan fingerprint density at radius 3 is 2.72 bits per heavy atom. The average molecular weight is 512 g/mol. The molecule has 1 aromatic carbocycles. The lowest BCUT2D eigenvalue weighted by molar-refractivity contribution is -0.138. The highest BCUT2D eigenvalue weighted by atomic mass is 19.4. The first-order chi connectivity index (χ1) is 17.2. The molecule has 1 aliphatic rings. The van der Waals surface area contributed by atoms with Gasteiger partial charge in [-0.05, 0) is 43.9 Å². The molecule has 0 unspecified atom stereocenters. The third kappa shape index (κ3) is 6.77. The summed E-state index contributed by atoms with van der Waals surface area (Å²) in [6.07, 6.45) is -1.90. The maximum atomic E-state index is 13.1. The maximum Gasteiger partial charge on any atom is 0.419 e. The number of esters is 1. The Morgan fingerprint density at radius 1 is 1.28 bits per heavy atom. The van der Waals surface area contributed by atoms with Crippen LogP contribution < -0.4 is 10.1 Å². The minimum absolute atomic E-state index is 0.0214. The van der Waals surface area contributed by atoms with E-state index in [1.807, 2.05) is 13.8 Å². The zero-order valence-corrected chi connectivity index (χ0v) is 20.7. The van der Waals surface area contributed by atoms with Crippen LogP contribution in [0.25, 0.3) is 0 Å². The Morgan fingerprint density at radius 2 is 2.03 bits per heavy atom. The van der Waals surface area contributed by atoms with Crippen LogP contribution in [0.1, 0.15) is 64.4 Å². The third-order valence-electron chi connectivity index (χ3n) is 5.87. The van der Waals surface area contributed by atoms with Crippen LogP contribution in [-0.2, 0) is 35.0 Å². The molecule has 0 aliphatic carbocycles. The summed E-state index contributed by atoms with van der Waals surface area (Å²) >= 11 is 0. The lowest BCUT2D eigenvalue weighted by Gasteiger charge is -2.16. The summed E-state index contributed by atoms with van der Waals surface area (Å²) in [5.74, 6) is -1.52. The number of benzene rings is 1. The molecular weight excluding hydrogens is 479 g/mol. The van der Waals surface area contributed by atoms with Gasteiger partial charge in [-0.1, -0.05) is 13.8 Å². The van der Waals surface area contributed by atoms with E-state index < -0.39 is 23.5 Å². The largest absolute Gasteiger partial charge is 0.496 e. The molecule has 0 bridgehead atoms. The number of aromatic nitrogens is 2. The molecule has 2 aromatic rings. The Balaban J connectivity index is 1.71. The number of alkyl halides is 3. The number of ether oxygens (including phenoxy) is 3. The Bertz CT molecular complexity index is 1070. The average Bonchev–Trinajstić information content (AvgIpc) is 3.17. The molecule has 11 heteroatoms. The monoisotopic (exact) mass is 511 g/mol. The van der Waals surface area contributed by atoms with Crippen molar-refractivity contribution >= 4 is 11.9 Å². The van der Waals surface area contributed by atoms with Gasteiger partial charge in [-0.25, -0.2) is 4.79 Å². The van der Waals surface area contributed by atoms with Crippen LogP contribution in [-0.4, -0.2) is 55.1 Å². The Hall–Kier alpha value is -3.08. The van der Waals surface area contributed by atoms with Crippen LogP contribution in [0, 0.1) is 5.92 Å². The van der Waals surface area contributed by atoms with E-state index in [0.29, 0.717) is 50.4 Å². The zero-order valence-electron chi connectivity index (χ0n) is 20.7. The van der Waals surface area contributed by atoms with Crippen molar-refractivity contribution in [1.82, 2.24) is 15.1 Å². The molecule has 198 valence electrons. The van der Waals surface area contributed by atoms with Crippen molar-refractivity contribution in [2.45, 2.75) is 52.3 Å². The van der Waals surface area contributed by atoms with Crippen LogP contribution in [0.5, 0.6) is 5.75 Å². The number of halogens is 3. The second-order valence-electron chi connectivity index (χ2n) is 8.75. The van der Waals surface area contributed by atoms with E-state index in [1.54, 1.807) is 4.68 Å². The molecule has 0 saturated heterocycles. The lowest BCUT2D eigenvalue weighted by Crippen LogP contribution is -2.27. The van der Waals surface area contributed by atoms with E-state index in [0.717, 1.165) is 43.8 Å². The number of nitrogens with one attached hydrogen (secondary N) is 1. The van der Waals surface area contributed by atoms with Crippen LogP contribution in [0.2, 0.25) is 0 Å². The molecule has 8 nitrogen and oxygen atoms in total. The Kier molecular flexibility index (Phi) is 9.36. The lowest BCUT2D eigenvalue weighted by atomic mass is 10.1. The second kappa shape index (κ2) is 12.2. The summed E-state index contributed by atoms with van der Waals surface area (Å²) in [5.41, 5.74) is 1.13. The molecule has 0 saturated carbocycles. The van der Waals surface area contributed by atoms with Crippen LogP contribution in [0.3, 0.4) is 0 Å². The summed E-state index contributed by atoms with van der Waals surface area (Å²) in [7, 11) is 1.11. The number of carbonyl (C=O) groups is 2. The molecule has 0 fully saturated rings. The Labute approximate surface area is 208 Å². The number of hydrogen-bond acceptors (Lipinski definition) is 6. The number of fused-ring (bicyclic) bond motifs is 1. The molecule has 1 amide bonds. The van der Waals surface area contributed by atoms with Gasteiger partial charge in [0.2, 0.25) is 0 Å². The number of carbonyl (C=O) groups excluding carboxylic acids is 2. The number of rotatable bonds is 7. The second-order valence-corrected chi connectivity index (χ2v) is 8.75. The molecule has 0 spiro atoms. The number of amides is 1. The fourth-order valence-electron chi connectivity index (χ4n) is 4.08. The fraction of sp³-hybridized carbons (Fsp3) is 0.560. The van der Waals surface area contributed by atoms with Crippen molar-refractivity contribution in [2.75, 3.05) is 33.5 Å². The summed E-state index contributed by atoms with van der Waals surface area (Å²) in [6.45, 7) is 5.94. The molecule has 1 aromatic heterocycles. The van der Waals surface area contributed by atoms with Gasteiger partial charge in [-0.3, -0.25) is 9.48 Å². The number of aryl methyl sites for hydroxylation is 1. The molecule has 1 aliphatic heterocycles. The standard InChI is InChI=1S/C25H32F3N3O5/c1-4-19-22-20(7-5-11-35-12-6-10-29-23(22)32)31(30-19)14-16(2)15-36-24(33)17-8-9-18(25(26,27)28)21(13-17)34-3/h8-9,13,16H,4-7,10-12,14-15H2,1-3H3,(H,29,32)/t16-/m1/s1. The molecule has 2 heterocycles. The SMILES string of the molecule is CCc1nn(C[C@@H](C)COC(=O)c2ccc(C(F)(F)F)c(OC)c2)c2c1C(=O)NCCCOCCC2. The quantitative estimate of drug-likeness (QED) is 0.564. The molecule has 3 rings (SSSR count). The van der Waals surface area contributed by atoms with Gasteiger partial charge in [0.05, 0.1) is 41.8 Å². The predicted octanol–water partition coefficient (Wildman–Crippen LogP) is 4.05. The van der Waals surface area contributed by atoms with Crippen LogP contribution >= 0.6 is 0 Å². The van der Waals surface area contributed by atoms with E-state index in [1.165, 1.54) is 0 Å². The van der Waals surface area contributed by atoms with E-state index in [4.69, 9.17) is 14.2 Å². The minimum Gasteiger partial charge on any atom is -0.496 e. The molecule has 0 radical (unpaired) electrons. The predicted molar refractivity (Wildman–Crippen MR) is 125 cm³/mol. The first-order valence-electron chi connectivity index (χ1n) is 12.0. The minimum atomic E-state index is -4.60. The summed E-state index contributed by atoms with van der Waals surface area (Å²) in [5, 5.41) is 7.60. The van der Waals surface area contributed by atoms with E-state index in [2.05, 4.69) is 10.4 Å².